The Balaban J connectivity index is 1.39. The first-order valence-corrected chi connectivity index (χ1v) is 9.54. The van der Waals surface area contributed by atoms with Gasteiger partial charge in [-0.25, -0.2) is 9.97 Å². The Labute approximate surface area is 162 Å². The molecule has 0 saturated carbocycles. The Morgan fingerprint density at radius 1 is 1.29 bits per heavy atom. The highest BCUT2D eigenvalue weighted by Gasteiger charge is 2.46. The highest BCUT2D eigenvalue weighted by Crippen LogP contribution is 2.37. The van der Waals surface area contributed by atoms with Gasteiger partial charge in [-0.15, -0.1) is 0 Å². The van der Waals surface area contributed by atoms with Crippen molar-refractivity contribution in [2.75, 3.05) is 0 Å². The van der Waals surface area contributed by atoms with Crippen LogP contribution >= 0.6 is 0 Å². The number of hydrogen-bond acceptors (Lipinski definition) is 5. The molecule has 2 fully saturated rings. The minimum Gasteiger partial charge on any atom is -0.347 e. The van der Waals surface area contributed by atoms with Crippen molar-refractivity contribution in [2.24, 2.45) is 0 Å². The minimum absolute atomic E-state index is 0.0480. The summed E-state index contributed by atoms with van der Waals surface area (Å²) < 4.78 is 1.92. The summed E-state index contributed by atoms with van der Waals surface area (Å²) in [6.07, 6.45) is 8.82. The minimum atomic E-state index is -0.0862. The Bertz CT molecular complexity index is 1110. The van der Waals surface area contributed by atoms with E-state index in [1.807, 2.05) is 52.9 Å². The van der Waals surface area contributed by atoms with Crippen LogP contribution in [-0.2, 0) is 0 Å². The second-order valence-electron chi connectivity index (χ2n) is 7.58. The number of fused-ring (bicyclic) bond motifs is 3. The molecule has 3 aromatic rings. The summed E-state index contributed by atoms with van der Waals surface area (Å²) in [7, 11) is 0. The number of aromatic nitrogens is 3. The van der Waals surface area contributed by atoms with Gasteiger partial charge in [0, 0.05) is 35.1 Å². The van der Waals surface area contributed by atoms with Crippen molar-refractivity contribution in [3.63, 3.8) is 0 Å². The lowest BCUT2D eigenvalue weighted by Gasteiger charge is -2.21. The Morgan fingerprint density at radius 2 is 2.18 bits per heavy atom. The zero-order valence-corrected chi connectivity index (χ0v) is 15.5. The zero-order valence-electron chi connectivity index (χ0n) is 15.5. The van der Waals surface area contributed by atoms with Gasteiger partial charge >= 0.3 is 0 Å². The van der Waals surface area contributed by atoms with Crippen molar-refractivity contribution in [3.05, 3.63) is 54.0 Å². The van der Waals surface area contributed by atoms with Gasteiger partial charge in [-0.1, -0.05) is 0 Å². The molecule has 1 N–H and O–H groups in total. The average molecular weight is 372 g/mol. The van der Waals surface area contributed by atoms with Crippen LogP contribution in [0.2, 0.25) is 0 Å². The maximum Gasteiger partial charge on any atom is 0.251 e. The molecule has 2 bridgehead atoms. The van der Waals surface area contributed by atoms with E-state index in [9.17, 15) is 10.1 Å². The molecule has 4 heterocycles. The third-order valence-corrected chi connectivity index (χ3v) is 5.92. The van der Waals surface area contributed by atoms with Crippen molar-refractivity contribution < 1.29 is 4.79 Å². The molecular weight excluding hydrogens is 352 g/mol. The highest BCUT2D eigenvalue weighted by molar-refractivity contribution is 5.98. The van der Waals surface area contributed by atoms with E-state index < -0.39 is 0 Å². The molecule has 2 aromatic heterocycles. The predicted octanol–water partition coefficient (Wildman–Crippen LogP) is 2.55. The first-order chi connectivity index (χ1) is 13.6. The molecule has 0 aliphatic carbocycles. The summed E-state index contributed by atoms with van der Waals surface area (Å²) in [5.74, 6) is 0.530. The van der Waals surface area contributed by atoms with E-state index in [-0.39, 0.29) is 24.0 Å². The van der Waals surface area contributed by atoms with Gasteiger partial charge in [-0.3, -0.25) is 9.36 Å². The number of amides is 1. The van der Waals surface area contributed by atoms with Crippen LogP contribution in [0.5, 0.6) is 0 Å². The number of hydrogen-bond donors (Lipinski definition) is 1. The van der Waals surface area contributed by atoms with E-state index >= 15 is 0 Å². The summed E-state index contributed by atoms with van der Waals surface area (Å²) >= 11 is 0. The molecule has 2 aliphatic heterocycles. The fraction of sp³-hybridized carbons (Fsp3) is 0.333. The lowest BCUT2D eigenvalue weighted by atomic mass is 9.95. The van der Waals surface area contributed by atoms with Gasteiger partial charge in [0.1, 0.15) is 0 Å². The zero-order chi connectivity index (χ0) is 19.3. The Hall–Kier alpha value is -3.40. The molecule has 7 nitrogen and oxygen atoms in total. The number of nitriles is 1. The number of carbonyl (C=O) groups is 1. The van der Waals surface area contributed by atoms with Crippen LogP contribution in [0.25, 0.3) is 16.9 Å². The fourth-order valence-corrected chi connectivity index (χ4v) is 4.56. The number of benzene rings is 1. The van der Waals surface area contributed by atoms with Gasteiger partial charge in [-0.05, 0) is 56.5 Å². The summed E-state index contributed by atoms with van der Waals surface area (Å²) in [6.45, 7) is 1.93. The molecule has 2 aliphatic rings. The lowest BCUT2D eigenvalue weighted by molar-refractivity contribution is 0.0928. The van der Waals surface area contributed by atoms with Crippen LogP contribution in [0, 0.1) is 18.4 Å². The molecule has 28 heavy (non-hydrogen) atoms. The number of carbonyl (C=O) groups excluding carboxylic acids is 1. The first kappa shape index (κ1) is 16.8. The van der Waals surface area contributed by atoms with E-state index in [1.165, 1.54) is 0 Å². The molecule has 2 saturated heterocycles. The van der Waals surface area contributed by atoms with E-state index in [0.717, 1.165) is 35.9 Å². The number of rotatable bonds is 3. The van der Waals surface area contributed by atoms with Crippen LogP contribution in [0.15, 0.2) is 42.7 Å². The predicted molar refractivity (Wildman–Crippen MR) is 104 cm³/mol. The van der Waals surface area contributed by atoms with E-state index in [2.05, 4.69) is 21.5 Å². The van der Waals surface area contributed by atoms with Crippen LogP contribution in [-0.4, -0.2) is 43.5 Å². The quantitative estimate of drug-likeness (QED) is 0.714. The van der Waals surface area contributed by atoms with E-state index in [1.54, 1.807) is 6.20 Å². The van der Waals surface area contributed by atoms with Crippen molar-refractivity contribution >= 4 is 16.8 Å². The Morgan fingerprint density at radius 3 is 2.96 bits per heavy atom. The van der Waals surface area contributed by atoms with Crippen molar-refractivity contribution in [3.8, 4) is 12.1 Å². The van der Waals surface area contributed by atoms with Gasteiger partial charge in [0.15, 0.2) is 6.19 Å². The van der Waals surface area contributed by atoms with Gasteiger partial charge < -0.3 is 10.2 Å². The largest absolute Gasteiger partial charge is 0.347 e. The van der Waals surface area contributed by atoms with Gasteiger partial charge in [0.05, 0.1) is 17.6 Å². The summed E-state index contributed by atoms with van der Waals surface area (Å²) in [6, 6.07) is 9.96. The molecule has 7 heteroatoms. The second kappa shape index (κ2) is 6.34. The van der Waals surface area contributed by atoms with Gasteiger partial charge in [0.2, 0.25) is 5.95 Å². The molecule has 1 aromatic carbocycles. The van der Waals surface area contributed by atoms with Gasteiger partial charge in [-0.2, -0.15) is 5.26 Å². The fourth-order valence-electron chi connectivity index (χ4n) is 4.56. The SMILES string of the molecule is Cc1ccnc(-n2ccc3cc(C(=O)NC4CC5CCC4N5C#N)ccc32)n1. The molecule has 3 atom stereocenters. The van der Waals surface area contributed by atoms with Crippen LogP contribution < -0.4 is 5.32 Å². The molecule has 0 radical (unpaired) electrons. The monoisotopic (exact) mass is 372 g/mol. The first-order valence-electron chi connectivity index (χ1n) is 9.54. The van der Waals surface area contributed by atoms with E-state index in [4.69, 9.17) is 0 Å². The number of nitrogens with zero attached hydrogens (tertiary/aromatic N) is 5. The lowest BCUT2D eigenvalue weighted by Crippen LogP contribution is -2.43. The van der Waals surface area contributed by atoms with Crippen molar-refractivity contribution in [1.29, 1.82) is 5.26 Å². The summed E-state index contributed by atoms with van der Waals surface area (Å²) in [5, 5.41) is 13.4. The summed E-state index contributed by atoms with van der Waals surface area (Å²) in [5.41, 5.74) is 2.49. The van der Waals surface area contributed by atoms with Crippen LogP contribution in [0.4, 0.5) is 0 Å². The van der Waals surface area contributed by atoms with Crippen LogP contribution in [0.3, 0.4) is 0 Å². The standard InChI is InChI=1S/C21H20N6O/c1-13-6-8-23-21(24-13)26-9-7-14-10-15(2-4-18(14)26)20(28)25-17-11-16-3-5-19(17)27(16)12-22/h2,4,6-10,16-17,19H,3,5,11H2,1H3,(H,25,28). The Kier molecular flexibility index (Phi) is 3.79. The summed E-state index contributed by atoms with van der Waals surface area (Å²) in [4.78, 5) is 23.5. The molecule has 5 rings (SSSR count). The topological polar surface area (TPSA) is 86.8 Å². The maximum atomic E-state index is 12.8. The molecule has 1 amide bonds. The smallest absolute Gasteiger partial charge is 0.251 e. The van der Waals surface area contributed by atoms with Crippen molar-refractivity contribution in [2.45, 2.75) is 44.3 Å². The molecule has 0 spiro atoms. The number of nitrogens with one attached hydrogen (secondary N) is 1. The van der Waals surface area contributed by atoms with Crippen LogP contribution in [0.1, 0.15) is 35.3 Å². The third kappa shape index (κ3) is 2.61. The third-order valence-electron chi connectivity index (χ3n) is 5.92. The van der Waals surface area contributed by atoms with Gasteiger partial charge in [0.25, 0.3) is 5.91 Å². The second-order valence-corrected chi connectivity index (χ2v) is 7.58. The van der Waals surface area contributed by atoms with Crippen molar-refractivity contribution in [1.82, 2.24) is 24.8 Å². The highest BCUT2D eigenvalue weighted by atomic mass is 16.1. The molecule has 140 valence electrons. The molecular formula is C21H20N6O. The average Bonchev–Trinajstić information content (AvgIpc) is 3.39. The molecule has 3 unspecified atom stereocenters. The number of aryl methyl sites for hydroxylation is 1. The normalized spacial score (nSPS) is 23.1. The maximum absolute atomic E-state index is 12.8. The van der Waals surface area contributed by atoms with E-state index in [0.29, 0.717) is 11.5 Å².